The summed E-state index contributed by atoms with van der Waals surface area (Å²) in [6.45, 7) is 10.5. The van der Waals surface area contributed by atoms with Gasteiger partial charge in [0, 0.05) is 18.6 Å². The van der Waals surface area contributed by atoms with Gasteiger partial charge in [0.25, 0.3) is 0 Å². The first-order chi connectivity index (χ1) is 9.76. The van der Waals surface area contributed by atoms with E-state index >= 15 is 0 Å². The average Bonchev–Trinajstić information content (AvgIpc) is 2.98. The Balaban J connectivity index is 1.91. The molecule has 2 rings (SSSR count). The Kier molecular flexibility index (Phi) is 6.06. The largest absolute Gasteiger partial charge is 0.312 e. The molecule has 1 fully saturated rings. The maximum atomic E-state index is 3.71. The van der Waals surface area contributed by atoms with E-state index in [9.17, 15) is 0 Å². The molecule has 0 amide bonds. The van der Waals surface area contributed by atoms with Crippen LogP contribution < -0.4 is 5.32 Å². The Hall–Kier alpha value is -0.860. The summed E-state index contributed by atoms with van der Waals surface area (Å²) in [5, 5.41) is 3.71. The molecule has 20 heavy (non-hydrogen) atoms. The van der Waals surface area contributed by atoms with E-state index in [-0.39, 0.29) is 0 Å². The minimum absolute atomic E-state index is 0.629. The number of rotatable bonds is 7. The zero-order valence-electron chi connectivity index (χ0n) is 13.3. The summed E-state index contributed by atoms with van der Waals surface area (Å²) in [7, 11) is 0. The van der Waals surface area contributed by atoms with Crippen LogP contribution in [0.2, 0.25) is 0 Å². The van der Waals surface area contributed by atoms with Crippen molar-refractivity contribution in [1.29, 1.82) is 0 Å². The average molecular weight is 274 g/mol. The van der Waals surface area contributed by atoms with Crippen LogP contribution in [-0.4, -0.2) is 36.6 Å². The lowest BCUT2D eigenvalue weighted by molar-refractivity contribution is 0.200. The lowest BCUT2D eigenvalue weighted by Crippen LogP contribution is -2.47. The number of nitrogens with zero attached hydrogens (tertiary/aromatic N) is 1. The maximum absolute atomic E-state index is 3.71. The van der Waals surface area contributed by atoms with Gasteiger partial charge in [0.05, 0.1) is 0 Å². The minimum atomic E-state index is 0.629. The fourth-order valence-electron chi connectivity index (χ4n) is 3.39. The molecular weight excluding hydrogens is 244 g/mol. The Labute approximate surface area is 124 Å². The molecule has 3 unspecified atom stereocenters. The van der Waals surface area contributed by atoms with E-state index in [2.05, 4.69) is 61.3 Å². The highest BCUT2D eigenvalue weighted by atomic mass is 15.2. The summed E-state index contributed by atoms with van der Waals surface area (Å²) < 4.78 is 0. The van der Waals surface area contributed by atoms with Crippen molar-refractivity contribution < 1.29 is 0 Å². The first-order valence-corrected chi connectivity index (χ1v) is 8.28. The van der Waals surface area contributed by atoms with Crippen LogP contribution in [0.4, 0.5) is 0 Å². The summed E-state index contributed by atoms with van der Waals surface area (Å²) in [6, 6.07) is 12.3. The molecule has 2 heteroatoms. The maximum Gasteiger partial charge on any atom is 0.0221 e. The number of nitrogens with one attached hydrogen (secondary N) is 1. The van der Waals surface area contributed by atoms with Crippen molar-refractivity contribution in [3.05, 3.63) is 35.9 Å². The van der Waals surface area contributed by atoms with Crippen molar-refractivity contribution in [3.8, 4) is 0 Å². The lowest BCUT2D eigenvalue weighted by atomic mass is 9.98. The Bertz CT molecular complexity index is 376. The standard InChI is InChI=1S/C18H30N2/c1-4-12-19-18(5-2)15(3)20-13-11-17(14-20)16-9-7-6-8-10-16/h6-10,15,17-19H,4-5,11-14H2,1-3H3. The predicted octanol–water partition coefficient (Wildman–Crippen LogP) is 3.64. The third-order valence-corrected chi connectivity index (χ3v) is 4.75. The molecule has 1 heterocycles. The molecule has 0 aliphatic carbocycles. The second kappa shape index (κ2) is 7.80. The third-order valence-electron chi connectivity index (χ3n) is 4.75. The van der Waals surface area contributed by atoms with Gasteiger partial charge in [-0.1, -0.05) is 44.2 Å². The lowest BCUT2D eigenvalue weighted by Gasteiger charge is -2.32. The molecule has 1 saturated heterocycles. The smallest absolute Gasteiger partial charge is 0.0221 e. The van der Waals surface area contributed by atoms with Crippen LogP contribution in [0, 0.1) is 0 Å². The van der Waals surface area contributed by atoms with E-state index in [0.717, 1.165) is 12.5 Å². The molecule has 1 N–H and O–H groups in total. The fraction of sp³-hybridized carbons (Fsp3) is 0.667. The molecule has 0 spiro atoms. The quantitative estimate of drug-likeness (QED) is 0.816. The summed E-state index contributed by atoms with van der Waals surface area (Å²) >= 11 is 0. The van der Waals surface area contributed by atoms with E-state index in [1.165, 1.54) is 37.9 Å². The van der Waals surface area contributed by atoms with Crippen LogP contribution in [0.15, 0.2) is 30.3 Å². The summed E-state index contributed by atoms with van der Waals surface area (Å²) in [5.74, 6) is 0.724. The normalized spacial score (nSPS) is 22.9. The molecule has 0 saturated carbocycles. The Morgan fingerprint density at radius 2 is 2.00 bits per heavy atom. The van der Waals surface area contributed by atoms with Gasteiger partial charge in [0.2, 0.25) is 0 Å². The van der Waals surface area contributed by atoms with Gasteiger partial charge in [-0.3, -0.25) is 4.90 Å². The first kappa shape index (κ1) is 15.5. The molecule has 112 valence electrons. The van der Waals surface area contributed by atoms with Crippen molar-refractivity contribution in [1.82, 2.24) is 10.2 Å². The van der Waals surface area contributed by atoms with Crippen molar-refractivity contribution in [2.75, 3.05) is 19.6 Å². The van der Waals surface area contributed by atoms with Crippen LogP contribution in [0.5, 0.6) is 0 Å². The fourth-order valence-corrected chi connectivity index (χ4v) is 3.39. The highest BCUT2D eigenvalue weighted by Crippen LogP contribution is 2.29. The van der Waals surface area contributed by atoms with E-state index in [1.807, 2.05) is 0 Å². The van der Waals surface area contributed by atoms with Crippen LogP contribution >= 0.6 is 0 Å². The van der Waals surface area contributed by atoms with E-state index in [1.54, 1.807) is 0 Å². The Morgan fingerprint density at radius 1 is 1.25 bits per heavy atom. The second-order valence-electron chi connectivity index (χ2n) is 6.10. The van der Waals surface area contributed by atoms with Gasteiger partial charge >= 0.3 is 0 Å². The molecule has 1 aliphatic heterocycles. The molecule has 1 aliphatic rings. The highest BCUT2D eigenvalue weighted by molar-refractivity contribution is 5.21. The molecule has 3 atom stereocenters. The topological polar surface area (TPSA) is 15.3 Å². The van der Waals surface area contributed by atoms with Crippen LogP contribution in [-0.2, 0) is 0 Å². The number of benzene rings is 1. The summed E-state index contributed by atoms with van der Waals surface area (Å²) in [6.07, 6.45) is 3.74. The molecule has 0 bridgehead atoms. The molecular formula is C18H30N2. The SMILES string of the molecule is CCCNC(CC)C(C)N1CCC(c2ccccc2)C1. The van der Waals surface area contributed by atoms with Gasteiger partial charge in [-0.15, -0.1) is 0 Å². The van der Waals surface area contributed by atoms with Crippen LogP contribution in [0.3, 0.4) is 0 Å². The van der Waals surface area contributed by atoms with Crippen molar-refractivity contribution >= 4 is 0 Å². The zero-order chi connectivity index (χ0) is 14.4. The monoisotopic (exact) mass is 274 g/mol. The van der Waals surface area contributed by atoms with Crippen molar-refractivity contribution in [2.45, 2.75) is 58.0 Å². The molecule has 0 radical (unpaired) electrons. The summed E-state index contributed by atoms with van der Waals surface area (Å²) in [5.41, 5.74) is 1.51. The van der Waals surface area contributed by atoms with Gasteiger partial charge < -0.3 is 5.32 Å². The first-order valence-electron chi connectivity index (χ1n) is 8.28. The van der Waals surface area contributed by atoms with E-state index in [0.29, 0.717) is 12.1 Å². The van der Waals surface area contributed by atoms with E-state index in [4.69, 9.17) is 0 Å². The number of likely N-dealkylation sites (tertiary alicyclic amines) is 1. The number of hydrogen-bond acceptors (Lipinski definition) is 2. The van der Waals surface area contributed by atoms with Crippen LogP contribution in [0.25, 0.3) is 0 Å². The molecule has 1 aromatic carbocycles. The molecule has 0 aromatic heterocycles. The van der Waals surface area contributed by atoms with Crippen molar-refractivity contribution in [2.24, 2.45) is 0 Å². The van der Waals surface area contributed by atoms with E-state index < -0.39 is 0 Å². The zero-order valence-corrected chi connectivity index (χ0v) is 13.3. The van der Waals surface area contributed by atoms with Gasteiger partial charge in [-0.25, -0.2) is 0 Å². The molecule has 1 aromatic rings. The highest BCUT2D eigenvalue weighted by Gasteiger charge is 2.29. The van der Waals surface area contributed by atoms with Gasteiger partial charge in [-0.05, 0) is 50.8 Å². The second-order valence-corrected chi connectivity index (χ2v) is 6.10. The number of hydrogen-bond donors (Lipinski definition) is 1. The molecule has 2 nitrogen and oxygen atoms in total. The minimum Gasteiger partial charge on any atom is -0.312 e. The van der Waals surface area contributed by atoms with Gasteiger partial charge in [-0.2, -0.15) is 0 Å². The Morgan fingerprint density at radius 3 is 2.65 bits per heavy atom. The van der Waals surface area contributed by atoms with Gasteiger partial charge in [0.15, 0.2) is 0 Å². The third kappa shape index (κ3) is 3.83. The van der Waals surface area contributed by atoms with Crippen LogP contribution in [0.1, 0.15) is 51.5 Å². The summed E-state index contributed by atoms with van der Waals surface area (Å²) in [4.78, 5) is 2.68. The van der Waals surface area contributed by atoms with Crippen molar-refractivity contribution in [3.63, 3.8) is 0 Å². The predicted molar refractivity (Wildman–Crippen MR) is 87.2 cm³/mol. The van der Waals surface area contributed by atoms with Gasteiger partial charge in [0.1, 0.15) is 0 Å².